The van der Waals surface area contributed by atoms with Crippen LogP contribution < -0.4 is 0 Å². The third kappa shape index (κ3) is 12.8. The molecule has 0 aliphatic carbocycles. The van der Waals surface area contributed by atoms with Gasteiger partial charge in [-0.2, -0.15) is 0 Å². The Balaban J connectivity index is 0. The van der Waals surface area contributed by atoms with Gasteiger partial charge in [0.15, 0.2) is 0 Å². The van der Waals surface area contributed by atoms with Gasteiger partial charge in [0.1, 0.15) is 0 Å². The van der Waals surface area contributed by atoms with E-state index in [0.717, 1.165) is 0 Å². The first-order valence-electron chi connectivity index (χ1n) is 6.99. The molecule has 0 aromatic carbocycles. The van der Waals surface area contributed by atoms with Crippen molar-refractivity contribution in [3.05, 3.63) is 0 Å². The monoisotopic (exact) mass is 296 g/mol. The van der Waals surface area contributed by atoms with Crippen molar-refractivity contribution in [2.75, 3.05) is 46.2 Å². The molecule has 0 fully saturated rings. The summed E-state index contributed by atoms with van der Waals surface area (Å²) in [6, 6.07) is 0. The third-order valence-corrected chi connectivity index (χ3v) is 2.68. The van der Waals surface area contributed by atoms with Crippen molar-refractivity contribution in [3.8, 4) is 0 Å². The lowest BCUT2D eigenvalue weighted by Gasteiger charge is -2.30. The highest BCUT2D eigenvalue weighted by Gasteiger charge is 2.28. The first-order valence-corrected chi connectivity index (χ1v) is 6.99. The summed E-state index contributed by atoms with van der Waals surface area (Å²) in [7, 11) is 0. The Morgan fingerprint density at radius 3 is 1.45 bits per heavy atom. The summed E-state index contributed by atoms with van der Waals surface area (Å²) in [4.78, 5) is 0. The molecule has 0 saturated carbocycles. The lowest BCUT2D eigenvalue weighted by molar-refractivity contribution is -0.0204. The molecule has 4 N–H and O–H groups in total. The highest BCUT2D eigenvalue weighted by atomic mass is 16.5. The van der Waals surface area contributed by atoms with Gasteiger partial charge in [0, 0.05) is 5.41 Å². The van der Waals surface area contributed by atoms with Crippen LogP contribution in [0, 0.1) is 11.3 Å². The second-order valence-electron chi connectivity index (χ2n) is 5.51. The molecular weight excluding hydrogens is 264 g/mol. The second-order valence-corrected chi connectivity index (χ2v) is 5.51. The summed E-state index contributed by atoms with van der Waals surface area (Å²) in [5, 5.41) is 34.9. The first-order chi connectivity index (χ1) is 9.33. The molecule has 0 amide bonds. The van der Waals surface area contributed by atoms with Crippen LogP contribution in [-0.2, 0) is 9.47 Å². The number of rotatable bonds is 10. The predicted molar refractivity (Wildman–Crippen MR) is 77.5 cm³/mol. The van der Waals surface area contributed by atoms with Crippen molar-refractivity contribution in [3.63, 3.8) is 0 Å². The maximum atomic E-state index is 9.49. The Labute approximate surface area is 122 Å². The molecule has 0 heterocycles. The van der Waals surface area contributed by atoms with E-state index in [2.05, 4.69) is 0 Å². The summed E-state index contributed by atoms with van der Waals surface area (Å²) in [6.45, 7) is 9.37. The average Bonchev–Trinajstić information content (AvgIpc) is 2.42. The minimum absolute atomic E-state index is 0.0341. The molecule has 0 spiro atoms. The smallest absolute Gasteiger partial charge is 0.0701 e. The third-order valence-electron chi connectivity index (χ3n) is 2.68. The summed E-state index contributed by atoms with van der Waals surface area (Å²) >= 11 is 0. The van der Waals surface area contributed by atoms with Crippen LogP contribution in [0.25, 0.3) is 0 Å². The van der Waals surface area contributed by atoms with Crippen LogP contribution in [-0.4, -0.2) is 72.8 Å². The number of ether oxygens (including phenoxy) is 2. The normalized spacial score (nSPS) is 13.1. The van der Waals surface area contributed by atoms with Gasteiger partial charge in [-0.05, 0) is 5.92 Å². The van der Waals surface area contributed by atoms with E-state index in [1.165, 1.54) is 0 Å². The van der Waals surface area contributed by atoms with Gasteiger partial charge >= 0.3 is 0 Å². The average molecular weight is 296 g/mol. The lowest BCUT2D eigenvalue weighted by Crippen LogP contribution is -2.36. The van der Waals surface area contributed by atoms with Crippen LogP contribution in [0.15, 0.2) is 0 Å². The first kappa shape index (κ1) is 22.0. The zero-order valence-corrected chi connectivity index (χ0v) is 13.2. The van der Waals surface area contributed by atoms with E-state index in [1.807, 2.05) is 27.7 Å². The van der Waals surface area contributed by atoms with Crippen molar-refractivity contribution >= 4 is 0 Å². The van der Waals surface area contributed by atoms with Crippen LogP contribution in [0.5, 0.6) is 0 Å². The Morgan fingerprint density at radius 2 is 1.25 bits per heavy atom. The van der Waals surface area contributed by atoms with E-state index in [1.54, 1.807) is 0 Å². The molecule has 0 bridgehead atoms. The Kier molecular flexibility index (Phi) is 15.1. The minimum atomic E-state index is -0.419. The Morgan fingerprint density at radius 1 is 0.850 bits per heavy atom. The largest absolute Gasteiger partial charge is 0.396 e. The summed E-state index contributed by atoms with van der Waals surface area (Å²) in [5.41, 5.74) is -0.367. The summed E-state index contributed by atoms with van der Waals surface area (Å²) in [6.07, 6.45) is -0.419. The molecule has 1 atom stereocenters. The zero-order chi connectivity index (χ0) is 16.0. The number of hydrogen-bond acceptors (Lipinski definition) is 6. The van der Waals surface area contributed by atoms with E-state index in [0.29, 0.717) is 26.4 Å². The van der Waals surface area contributed by atoms with E-state index < -0.39 is 6.10 Å². The molecule has 0 aromatic heterocycles. The van der Waals surface area contributed by atoms with Crippen molar-refractivity contribution in [1.29, 1.82) is 0 Å². The maximum Gasteiger partial charge on any atom is 0.0701 e. The van der Waals surface area contributed by atoms with Gasteiger partial charge in [-0.25, -0.2) is 0 Å². The van der Waals surface area contributed by atoms with Crippen LogP contribution in [0.3, 0.4) is 0 Å². The molecule has 0 aromatic rings. The van der Waals surface area contributed by atoms with Gasteiger partial charge in [-0.3, -0.25) is 0 Å². The molecule has 0 aliphatic rings. The molecule has 1 unspecified atom stereocenters. The van der Waals surface area contributed by atoms with Crippen molar-refractivity contribution < 1.29 is 29.9 Å². The fourth-order valence-corrected chi connectivity index (χ4v) is 1.45. The van der Waals surface area contributed by atoms with Gasteiger partial charge < -0.3 is 29.9 Å². The van der Waals surface area contributed by atoms with Crippen LogP contribution in [0.4, 0.5) is 0 Å². The van der Waals surface area contributed by atoms with Crippen molar-refractivity contribution in [2.24, 2.45) is 11.3 Å². The second kappa shape index (κ2) is 13.7. The number of hydrogen-bond donors (Lipinski definition) is 4. The standard InChI is InChI=1S/C8H18O2.C6H14O4/c1-6(2)7(10)8(3,4)5-9;7-1-3-9-5-6-10-4-2-8/h6-7,9-10H,5H2,1-4H3;7-8H,1-6H2. The maximum absolute atomic E-state index is 9.49. The molecule has 0 radical (unpaired) electrons. The molecule has 0 aliphatic heterocycles. The lowest BCUT2D eigenvalue weighted by atomic mass is 9.82. The van der Waals surface area contributed by atoms with Crippen LogP contribution >= 0.6 is 0 Å². The van der Waals surface area contributed by atoms with Gasteiger partial charge in [0.2, 0.25) is 0 Å². The highest BCUT2D eigenvalue weighted by molar-refractivity contribution is 4.78. The van der Waals surface area contributed by atoms with E-state index in [4.69, 9.17) is 24.8 Å². The van der Waals surface area contributed by atoms with Gasteiger partial charge in [-0.1, -0.05) is 27.7 Å². The molecule has 0 rings (SSSR count). The van der Waals surface area contributed by atoms with E-state index in [9.17, 15) is 5.11 Å². The SMILES string of the molecule is CC(C)C(O)C(C)(C)CO.OCCOCCOCCO. The van der Waals surface area contributed by atoms with E-state index >= 15 is 0 Å². The van der Waals surface area contributed by atoms with Crippen molar-refractivity contribution in [2.45, 2.75) is 33.8 Å². The van der Waals surface area contributed by atoms with Gasteiger partial charge in [0.05, 0.1) is 52.4 Å². The van der Waals surface area contributed by atoms with E-state index in [-0.39, 0.29) is 31.2 Å². The zero-order valence-electron chi connectivity index (χ0n) is 13.2. The Hall–Kier alpha value is -0.240. The fraction of sp³-hybridized carbons (Fsp3) is 1.00. The van der Waals surface area contributed by atoms with Gasteiger partial charge in [-0.15, -0.1) is 0 Å². The summed E-state index contributed by atoms with van der Waals surface area (Å²) in [5.74, 6) is 0.210. The highest BCUT2D eigenvalue weighted by Crippen LogP contribution is 2.24. The molecule has 20 heavy (non-hydrogen) atoms. The predicted octanol–water partition coefficient (Wildman–Crippen LogP) is 0.0260. The molecule has 0 saturated heterocycles. The fourth-order valence-electron chi connectivity index (χ4n) is 1.45. The van der Waals surface area contributed by atoms with Gasteiger partial charge in [0.25, 0.3) is 0 Å². The molecule has 124 valence electrons. The summed E-state index contributed by atoms with van der Waals surface area (Å²) < 4.78 is 9.75. The minimum Gasteiger partial charge on any atom is -0.396 e. The van der Waals surface area contributed by atoms with Crippen LogP contribution in [0.2, 0.25) is 0 Å². The molecule has 6 nitrogen and oxygen atoms in total. The van der Waals surface area contributed by atoms with Crippen LogP contribution in [0.1, 0.15) is 27.7 Å². The number of aliphatic hydroxyl groups excluding tert-OH is 4. The molecule has 6 heteroatoms. The molecular formula is C14H32O6. The topological polar surface area (TPSA) is 99.4 Å². The Bertz CT molecular complexity index is 188. The number of aliphatic hydroxyl groups is 4. The van der Waals surface area contributed by atoms with Crippen molar-refractivity contribution in [1.82, 2.24) is 0 Å². The quantitative estimate of drug-likeness (QED) is 0.424.